The van der Waals surface area contributed by atoms with Crippen molar-refractivity contribution in [2.45, 2.75) is 0 Å². The number of halogens is 1. The van der Waals surface area contributed by atoms with E-state index in [1.165, 1.54) is 40.4 Å². The zero-order valence-corrected chi connectivity index (χ0v) is 13.0. The minimum atomic E-state index is -0.369. The number of rotatable bonds is 3. The fraction of sp³-hybridized carbons (Fsp3) is 0.0588. The van der Waals surface area contributed by atoms with Crippen molar-refractivity contribution in [3.63, 3.8) is 0 Å². The Morgan fingerprint density at radius 2 is 2.13 bits per heavy atom. The smallest absolute Gasteiger partial charge is 0.268 e. The maximum Gasteiger partial charge on any atom is 0.268 e. The molecule has 0 saturated carbocycles. The summed E-state index contributed by atoms with van der Waals surface area (Å²) < 4.78 is 20.6. The normalized spacial score (nSPS) is 12.8. The van der Waals surface area contributed by atoms with Crippen LogP contribution in [0.4, 0.5) is 4.39 Å². The Hall–Kier alpha value is -2.73. The van der Waals surface area contributed by atoms with Crippen molar-refractivity contribution >= 4 is 29.3 Å². The number of carbonyl (C=O) groups is 1. The number of hydrogen-bond acceptors (Lipinski definition) is 4. The van der Waals surface area contributed by atoms with Crippen molar-refractivity contribution < 1.29 is 13.6 Å². The van der Waals surface area contributed by atoms with E-state index >= 15 is 0 Å². The molecule has 116 valence electrons. The Kier molecular flexibility index (Phi) is 4.08. The van der Waals surface area contributed by atoms with Crippen LogP contribution in [0.15, 0.2) is 51.9 Å². The molecular weight excluding hydrogens is 317 g/mol. The first kappa shape index (κ1) is 15.2. The topological polar surface area (TPSA) is 52.2 Å². The standard InChI is InChI=1S/C17H12FNO3S/c1-19-16(10-13(20)14-6-3-7-22-14)23-15(17(19)21)9-11-4-2-5-12(18)8-11/h2-10H,1H3/b15-9-,16-10-. The molecule has 0 N–H and O–H groups in total. The van der Waals surface area contributed by atoms with Crippen molar-refractivity contribution in [3.05, 3.63) is 79.4 Å². The highest BCUT2D eigenvalue weighted by atomic mass is 32.1. The van der Waals surface area contributed by atoms with E-state index in [0.29, 0.717) is 14.8 Å². The second-order valence-electron chi connectivity index (χ2n) is 4.85. The molecule has 1 aromatic carbocycles. The Morgan fingerprint density at radius 1 is 1.30 bits per heavy atom. The van der Waals surface area contributed by atoms with E-state index in [0.717, 1.165) is 0 Å². The molecule has 0 radical (unpaired) electrons. The molecule has 3 rings (SSSR count). The minimum Gasteiger partial charge on any atom is -0.461 e. The van der Waals surface area contributed by atoms with Crippen LogP contribution in [0.25, 0.3) is 12.2 Å². The molecule has 0 aliphatic rings. The molecule has 0 amide bonds. The van der Waals surface area contributed by atoms with Gasteiger partial charge < -0.3 is 8.98 Å². The SMILES string of the molecule is Cn1c(=O)/c(=C/c2cccc(F)c2)s/c1=C\C(=O)c1ccco1. The van der Waals surface area contributed by atoms with Crippen molar-refractivity contribution in [2.75, 3.05) is 0 Å². The molecule has 0 fully saturated rings. The first-order valence-corrected chi connectivity index (χ1v) is 7.59. The lowest BCUT2D eigenvalue weighted by Crippen LogP contribution is -2.29. The van der Waals surface area contributed by atoms with Gasteiger partial charge in [0, 0.05) is 13.1 Å². The average Bonchev–Trinajstić information content (AvgIpc) is 3.13. The first-order chi connectivity index (χ1) is 11.0. The largest absolute Gasteiger partial charge is 0.461 e. The zero-order chi connectivity index (χ0) is 16.4. The molecule has 0 aliphatic heterocycles. The lowest BCUT2D eigenvalue weighted by Gasteiger charge is -1.90. The molecule has 0 saturated heterocycles. The van der Waals surface area contributed by atoms with Gasteiger partial charge in [-0.2, -0.15) is 0 Å². The Balaban J connectivity index is 2.09. The maximum atomic E-state index is 13.2. The number of benzene rings is 1. The highest BCUT2D eigenvalue weighted by Gasteiger charge is 2.07. The summed E-state index contributed by atoms with van der Waals surface area (Å²) in [6.07, 6.45) is 4.37. The molecule has 23 heavy (non-hydrogen) atoms. The van der Waals surface area contributed by atoms with E-state index in [2.05, 4.69) is 0 Å². The first-order valence-electron chi connectivity index (χ1n) is 6.77. The van der Waals surface area contributed by atoms with E-state index in [1.54, 1.807) is 37.4 Å². The van der Waals surface area contributed by atoms with Crippen LogP contribution in [0, 0.1) is 5.82 Å². The third-order valence-electron chi connectivity index (χ3n) is 3.23. The predicted octanol–water partition coefficient (Wildman–Crippen LogP) is 1.67. The quantitative estimate of drug-likeness (QED) is 0.687. The summed E-state index contributed by atoms with van der Waals surface area (Å²) >= 11 is 1.17. The molecule has 4 nitrogen and oxygen atoms in total. The van der Waals surface area contributed by atoms with Crippen LogP contribution in [-0.2, 0) is 7.05 Å². The van der Waals surface area contributed by atoms with Gasteiger partial charge >= 0.3 is 0 Å². The summed E-state index contributed by atoms with van der Waals surface area (Å²) in [5.41, 5.74) is 0.352. The number of nitrogens with zero attached hydrogens (tertiary/aromatic N) is 1. The lowest BCUT2D eigenvalue weighted by atomic mass is 10.2. The molecule has 0 spiro atoms. The Morgan fingerprint density at radius 3 is 2.83 bits per heavy atom. The highest BCUT2D eigenvalue weighted by molar-refractivity contribution is 7.07. The van der Waals surface area contributed by atoms with Crippen LogP contribution in [-0.4, -0.2) is 10.4 Å². The molecule has 0 bridgehead atoms. The summed E-state index contributed by atoms with van der Waals surface area (Å²) in [4.78, 5) is 24.3. The summed E-state index contributed by atoms with van der Waals surface area (Å²) in [5.74, 6) is -0.474. The van der Waals surface area contributed by atoms with Crippen molar-refractivity contribution in [1.82, 2.24) is 4.57 Å². The molecule has 2 heterocycles. The van der Waals surface area contributed by atoms with Gasteiger partial charge in [0.15, 0.2) is 5.76 Å². The molecule has 0 aliphatic carbocycles. The summed E-state index contributed by atoms with van der Waals surface area (Å²) in [5, 5.41) is 0. The fourth-order valence-corrected chi connectivity index (χ4v) is 3.09. The zero-order valence-electron chi connectivity index (χ0n) is 12.2. The molecule has 2 aromatic heterocycles. The molecule has 6 heteroatoms. The van der Waals surface area contributed by atoms with Crippen molar-refractivity contribution in [2.24, 2.45) is 7.05 Å². The van der Waals surface area contributed by atoms with Crippen LogP contribution < -0.4 is 14.8 Å². The second kappa shape index (κ2) is 6.18. The van der Waals surface area contributed by atoms with Gasteiger partial charge in [-0.25, -0.2) is 4.39 Å². The molecule has 0 atom stereocenters. The number of thiazole rings is 1. The van der Waals surface area contributed by atoms with Gasteiger partial charge in [-0.1, -0.05) is 12.1 Å². The van der Waals surface area contributed by atoms with Gasteiger partial charge in [0.05, 0.1) is 10.8 Å². The monoisotopic (exact) mass is 329 g/mol. The molecule has 3 aromatic rings. The molecular formula is C17H12FNO3S. The van der Waals surface area contributed by atoms with Gasteiger partial charge in [-0.3, -0.25) is 9.59 Å². The number of carbonyl (C=O) groups excluding carboxylic acids is 1. The third-order valence-corrected chi connectivity index (χ3v) is 4.34. The van der Waals surface area contributed by atoms with Crippen molar-refractivity contribution in [1.29, 1.82) is 0 Å². The van der Waals surface area contributed by atoms with Crippen LogP contribution in [0.5, 0.6) is 0 Å². The lowest BCUT2D eigenvalue weighted by molar-refractivity contribution is 0.103. The van der Waals surface area contributed by atoms with Gasteiger partial charge in [0.25, 0.3) is 5.56 Å². The fourth-order valence-electron chi connectivity index (χ4n) is 2.06. The van der Waals surface area contributed by atoms with E-state index in [-0.39, 0.29) is 22.9 Å². The average molecular weight is 329 g/mol. The van der Waals surface area contributed by atoms with Crippen LogP contribution in [0.3, 0.4) is 0 Å². The number of ketones is 1. The number of Topliss-reactive ketones (excluding diaryl/α,β-unsaturated/α-hetero) is 1. The molecule has 0 unspecified atom stereocenters. The number of furan rings is 1. The van der Waals surface area contributed by atoms with E-state index in [4.69, 9.17) is 4.42 Å². The second-order valence-corrected chi connectivity index (χ2v) is 5.92. The summed E-state index contributed by atoms with van der Waals surface area (Å²) in [6.45, 7) is 0. The third kappa shape index (κ3) is 3.22. The van der Waals surface area contributed by atoms with E-state index < -0.39 is 0 Å². The van der Waals surface area contributed by atoms with E-state index in [9.17, 15) is 14.0 Å². The van der Waals surface area contributed by atoms with Crippen molar-refractivity contribution in [3.8, 4) is 0 Å². The Bertz CT molecular complexity index is 1030. The number of hydrogen-bond donors (Lipinski definition) is 0. The summed E-state index contributed by atoms with van der Waals surface area (Å²) in [7, 11) is 1.59. The van der Waals surface area contributed by atoms with Gasteiger partial charge in [-0.05, 0) is 35.9 Å². The number of aromatic nitrogens is 1. The van der Waals surface area contributed by atoms with Gasteiger partial charge in [-0.15, -0.1) is 11.3 Å². The minimum absolute atomic E-state index is 0.210. The Labute approximate surface area is 134 Å². The van der Waals surface area contributed by atoms with Crippen LogP contribution >= 0.6 is 11.3 Å². The highest BCUT2D eigenvalue weighted by Crippen LogP contribution is 2.04. The maximum absolute atomic E-state index is 13.2. The summed E-state index contributed by atoms with van der Waals surface area (Å²) in [6, 6.07) is 9.15. The van der Waals surface area contributed by atoms with Crippen LogP contribution in [0.1, 0.15) is 16.1 Å². The predicted molar refractivity (Wildman–Crippen MR) is 86.3 cm³/mol. The van der Waals surface area contributed by atoms with Gasteiger partial charge in [0.2, 0.25) is 5.78 Å². The van der Waals surface area contributed by atoms with Crippen LogP contribution in [0.2, 0.25) is 0 Å². The van der Waals surface area contributed by atoms with E-state index in [1.807, 2.05) is 0 Å². The van der Waals surface area contributed by atoms with Gasteiger partial charge in [0.1, 0.15) is 10.5 Å².